The molecule has 0 heterocycles. The van der Waals surface area contributed by atoms with Crippen molar-refractivity contribution in [3.8, 4) is 11.5 Å². The molecule has 1 saturated carbocycles. The van der Waals surface area contributed by atoms with Crippen LogP contribution in [-0.4, -0.2) is 20.3 Å². The van der Waals surface area contributed by atoms with Crippen LogP contribution < -0.4 is 14.8 Å². The number of methoxy groups -OCH3 is 2. The Hall–Kier alpha value is -1.22. The van der Waals surface area contributed by atoms with E-state index in [1.807, 2.05) is 12.1 Å². The van der Waals surface area contributed by atoms with Crippen LogP contribution in [0, 0.1) is 0 Å². The average molecular weight is 235 g/mol. The van der Waals surface area contributed by atoms with Crippen LogP contribution in [0.1, 0.15) is 37.8 Å². The Morgan fingerprint density at radius 2 is 2.00 bits per heavy atom. The lowest BCUT2D eigenvalue weighted by Gasteiger charge is -2.30. The summed E-state index contributed by atoms with van der Waals surface area (Å²) in [6, 6.07) is 6.91. The average Bonchev–Trinajstić information content (AvgIpc) is 2.32. The minimum absolute atomic E-state index is 0.297. The van der Waals surface area contributed by atoms with E-state index in [0.29, 0.717) is 12.1 Å². The first-order chi connectivity index (χ1) is 8.24. The van der Waals surface area contributed by atoms with E-state index in [4.69, 9.17) is 9.47 Å². The second-order valence-corrected chi connectivity index (χ2v) is 4.62. The van der Waals surface area contributed by atoms with Crippen LogP contribution in [0.5, 0.6) is 11.5 Å². The van der Waals surface area contributed by atoms with E-state index in [9.17, 15) is 0 Å². The molecule has 0 amide bonds. The topological polar surface area (TPSA) is 30.5 Å². The molecule has 3 nitrogen and oxygen atoms in total. The SMILES string of the molecule is COc1ccc(OC)c(C(C)NC2CCC2)c1. The fourth-order valence-corrected chi connectivity index (χ4v) is 2.20. The van der Waals surface area contributed by atoms with E-state index in [0.717, 1.165) is 11.5 Å². The number of benzene rings is 1. The minimum Gasteiger partial charge on any atom is -0.497 e. The highest BCUT2D eigenvalue weighted by Crippen LogP contribution is 2.31. The predicted molar refractivity (Wildman–Crippen MR) is 68.7 cm³/mol. The first kappa shape index (κ1) is 12.2. The van der Waals surface area contributed by atoms with E-state index in [2.05, 4.69) is 18.3 Å². The summed E-state index contributed by atoms with van der Waals surface area (Å²) in [5, 5.41) is 3.62. The summed E-state index contributed by atoms with van der Waals surface area (Å²) in [7, 11) is 3.40. The molecule has 0 aromatic heterocycles. The van der Waals surface area contributed by atoms with Crippen molar-refractivity contribution in [1.82, 2.24) is 5.32 Å². The molecule has 0 bridgehead atoms. The van der Waals surface area contributed by atoms with Gasteiger partial charge in [0.2, 0.25) is 0 Å². The lowest BCUT2D eigenvalue weighted by Crippen LogP contribution is -2.36. The molecule has 1 atom stereocenters. The number of ether oxygens (including phenoxy) is 2. The van der Waals surface area contributed by atoms with E-state index in [1.54, 1.807) is 14.2 Å². The molecule has 1 aromatic carbocycles. The zero-order valence-corrected chi connectivity index (χ0v) is 10.8. The normalized spacial score (nSPS) is 17.4. The highest BCUT2D eigenvalue weighted by Gasteiger charge is 2.21. The monoisotopic (exact) mass is 235 g/mol. The fraction of sp³-hybridized carbons (Fsp3) is 0.571. The third-order valence-electron chi connectivity index (χ3n) is 3.49. The molecular weight excluding hydrogens is 214 g/mol. The Kier molecular flexibility index (Phi) is 3.89. The second kappa shape index (κ2) is 5.41. The molecule has 1 aliphatic carbocycles. The van der Waals surface area contributed by atoms with Gasteiger partial charge in [-0.3, -0.25) is 0 Å². The molecule has 94 valence electrons. The molecule has 1 aliphatic rings. The zero-order valence-electron chi connectivity index (χ0n) is 10.8. The molecule has 0 radical (unpaired) electrons. The van der Waals surface area contributed by atoms with Gasteiger partial charge < -0.3 is 14.8 Å². The highest BCUT2D eigenvalue weighted by molar-refractivity contribution is 5.42. The number of rotatable bonds is 5. The number of hydrogen-bond donors (Lipinski definition) is 1. The molecule has 1 fully saturated rings. The van der Waals surface area contributed by atoms with Gasteiger partial charge in [0, 0.05) is 17.6 Å². The smallest absolute Gasteiger partial charge is 0.123 e. The van der Waals surface area contributed by atoms with Crippen molar-refractivity contribution >= 4 is 0 Å². The van der Waals surface area contributed by atoms with Gasteiger partial charge in [-0.2, -0.15) is 0 Å². The van der Waals surface area contributed by atoms with Crippen LogP contribution in [0.3, 0.4) is 0 Å². The van der Waals surface area contributed by atoms with Crippen LogP contribution in [0.2, 0.25) is 0 Å². The van der Waals surface area contributed by atoms with Gasteiger partial charge in [-0.1, -0.05) is 6.42 Å². The van der Waals surface area contributed by atoms with Crippen molar-refractivity contribution in [3.63, 3.8) is 0 Å². The van der Waals surface area contributed by atoms with Crippen molar-refractivity contribution in [3.05, 3.63) is 23.8 Å². The summed E-state index contributed by atoms with van der Waals surface area (Å²) < 4.78 is 10.7. The van der Waals surface area contributed by atoms with Crippen molar-refractivity contribution in [2.45, 2.75) is 38.3 Å². The van der Waals surface area contributed by atoms with Crippen molar-refractivity contribution < 1.29 is 9.47 Å². The summed E-state index contributed by atoms with van der Waals surface area (Å²) in [6.07, 6.45) is 3.92. The van der Waals surface area contributed by atoms with Gasteiger partial charge in [0.25, 0.3) is 0 Å². The summed E-state index contributed by atoms with van der Waals surface area (Å²) in [4.78, 5) is 0. The maximum atomic E-state index is 5.40. The lowest BCUT2D eigenvalue weighted by atomic mass is 9.91. The maximum absolute atomic E-state index is 5.40. The molecule has 17 heavy (non-hydrogen) atoms. The summed E-state index contributed by atoms with van der Waals surface area (Å²) in [6.45, 7) is 2.18. The van der Waals surface area contributed by atoms with Gasteiger partial charge in [0.05, 0.1) is 14.2 Å². The quantitative estimate of drug-likeness (QED) is 0.851. The van der Waals surface area contributed by atoms with E-state index < -0.39 is 0 Å². The predicted octanol–water partition coefficient (Wildman–Crippen LogP) is 2.91. The molecule has 0 aliphatic heterocycles. The Morgan fingerprint density at radius 1 is 1.24 bits per heavy atom. The van der Waals surface area contributed by atoms with Gasteiger partial charge in [0.1, 0.15) is 11.5 Å². The number of hydrogen-bond acceptors (Lipinski definition) is 3. The molecule has 3 heteroatoms. The molecule has 1 unspecified atom stereocenters. The van der Waals surface area contributed by atoms with Gasteiger partial charge in [-0.05, 0) is 38.0 Å². The minimum atomic E-state index is 0.297. The second-order valence-electron chi connectivity index (χ2n) is 4.62. The largest absolute Gasteiger partial charge is 0.497 e. The highest BCUT2D eigenvalue weighted by atomic mass is 16.5. The molecule has 0 spiro atoms. The maximum Gasteiger partial charge on any atom is 0.123 e. The summed E-state index contributed by atoms with van der Waals surface area (Å²) in [5.41, 5.74) is 1.17. The molecule has 0 saturated heterocycles. The lowest BCUT2D eigenvalue weighted by molar-refractivity contribution is 0.307. The van der Waals surface area contributed by atoms with E-state index in [-0.39, 0.29) is 0 Å². The molecule has 1 N–H and O–H groups in total. The number of nitrogens with one attached hydrogen (secondary N) is 1. The Bertz CT molecular complexity index is 374. The van der Waals surface area contributed by atoms with Crippen LogP contribution in [0.4, 0.5) is 0 Å². The third-order valence-corrected chi connectivity index (χ3v) is 3.49. The Labute approximate surface area is 103 Å². The fourth-order valence-electron chi connectivity index (χ4n) is 2.20. The molecular formula is C14H21NO2. The molecule has 1 aromatic rings. The van der Waals surface area contributed by atoms with Crippen molar-refractivity contribution in [2.24, 2.45) is 0 Å². The van der Waals surface area contributed by atoms with Crippen molar-refractivity contribution in [2.75, 3.05) is 14.2 Å². The first-order valence-electron chi connectivity index (χ1n) is 6.22. The van der Waals surface area contributed by atoms with Crippen LogP contribution >= 0.6 is 0 Å². The van der Waals surface area contributed by atoms with Gasteiger partial charge in [0.15, 0.2) is 0 Å². The Morgan fingerprint density at radius 3 is 2.53 bits per heavy atom. The standard InChI is InChI=1S/C14H21NO2/c1-10(15-11-5-4-6-11)13-9-12(16-2)7-8-14(13)17-3/h7-11,15H,4-6H2,1-3H3. The first-order valence-corrected chi connectivity index (χ1v) is 6.22. The van der Waals surface area contributed by atoms with Gasteiger partial charge in [-0.15, -0.1) is 0 Å². The zero-order chi connectivity index (χ0) is 12.3. The van der Waals surface area contributed by atoms with Crippen LogP contribution in [0.15, 0.2) is 18.2 Å². The summed E-state index contributed by atoms with van der Waals surface area (Å²) in [5.74, 6) is 1.80. The van der Waals surface area contributed by atoms with Crippen LogP contribution in [0.25, 0.3) is 0 Å². The van der Waals surface area contributed by atoms with E-state index >= 15 is 0 Å². The van der Waals surface area contributed by atoms with Crippen LogP contribution in [-0.2, 0) is 0 Å². The summed E-state index contributed by atoms with van der Waals surface area (Å²) >= 11 is 0. The van der Waals surface area contributed by atoms with E-state index in [1.165, 1.54) is 24.8 Å². The Balaban J connectivity index is 2.15. The van der Waals surface area contributed by atoms with Crippen molar-refractivity contribution in [1.29, 1.82) is 0 Å². The third kappa shape index (κ3) is 2.72. The van der Waals surface area contributed by atoms with Gasteiger partial charge >= 0.3 is 0 Å². The molecule has 2 rings (SSSR count). The van der Waals surface area contributed by atoms with Gasteiger partial charge in [-0.25, -0.2) is 0 Å².